The number of aromatic nitrogens is 5. The summed E-state index contributed by atoms with van der Waals surface area (Å²) in [7, 11) is 0. The maximum absolute atomic E-state index is 12.7. The molecule has 0 aliphatic rings. The number of rotatable bonds is 4. The molecule has 0 aliphatic carbocycles. The van der Waals surface area contributed by atoms with Gasteiger partial charge in [0.2, 0.25) is 0 Å². The molecule has 1 amide bonds. The summed E-state index contributed by atoms with van der Waals surface area (Å²) in [5.74, 6) is 0.116. The molecule has 0 radical (unpaired) electrons. The number of nitrogens with zero attached hydrogens (tertiary/aromatic N) is 4. The predicted molar refractivity (Wildman–Crippen MR) is 96.4 cm³/mol. The summed E-state index contributed by atoms with van der Waals surface area (Å²) >= 11 is 0. The minimum atomic E-state index is -0.384. The molecule has 0 aliphatic heterocycles. The fourth-order valence-electron chi connectivity index (χ4n) is 2.84. The van der Waals surface area contributed by atoms with Crippen LogP contribution in [0, 0.1) is 0 Å². The van der Waals surface area contributed by atoms with Crippen molar-refractivity contribution in [1.82, 2.24) is 25.2 Å². The lowest BCUT2D eigenvalue weighted by atomic mass is 10.2. The maximum atomic E-state index is 12.7. The zero-order chi connectivity index (χ0) is 18.1. The molecule has 0 saturated heterocycles. The van der Waals surface area contributed by atoms with Gasteiger partial charge in [-0.3, -0.25) is 9.89 Å². The Morgan fingerprint density at radius 2 is 2.04 bits per heavy atom. The molecule has 2 aromatic carbocycles. The average Bonchev–Trinajstić information content (AvgIpc) is 3.26. The van der Waals surface area contributed by atoms with Gasteiger partial charge in [0.25, 0.3) is 5.91 Å². The number of hydrogen-bond donors (Lipinski definition) is 3. The van der Waals surface area contributed by atoms with Gasteiger partial charge >= 0.3 is 0 Å². The highest BCUT2D eigenvalue weighted by Crippen LogP contribution is 2.24. The van der Waals surface area contributed by atoms with E-state index in [0.29, 0.717) is 28.8 Å². The second-order valence-electron chi connectivity index (χ2n) is 5.74. The lowest BCUT2D eigenvalue weighted by Crippen LogP contribution is -2.15. The Bertz CT molecular complexity index is 1080. The standard InChI is InChI=1S/C18H16N6O2/c1-2-15-16(21-23-24(15)11-6-4-3-5-7-11)18(26)19-17-13-9-8-12(25)10-14(13)20-22-17/h3-10,25H,2H2,1H3,(H2,19,20,22,26). The summed E-state index contributed by atoms with van der Waals surface area (Å²) in [5, 5.41) is 28.0. The molecule has 130 valence electrons. The summed E-state index contributed by atoms with van der Waals surface area (Å²) < 4.78 is 1.66. The number of para-hydroxylation sites is 1. The number of anilines is 1. The van der Waals surface area contributed by atoms with E-state index >= 15 is 0 Å². The first-order chi connectivity index (χ1) is 12.7. The normalized spacial score (nSPS) is 11.0. The smallest absolute Gasteiger partial charge is 0.279 e. The van der Waals surface area contributed by atoms with Gasteiger partial charge in [0.05, 0.1) is 16.9 Å². The second-order valence-corrected chi connectivity index (χ2v) is 5.74. The first-order valence-corrected chi connectivity index (χ1v) is 8.16. The van der Waals surface area contributed by atoms with Crippen LogP contribution >= 0.6 is 0 Å². The van der Waals surface area contributed by atoms with E-state index in [2.05, 4.69) is 25.8 Å². The first kappa shape index (κ1) is 15.8. The number of nitrogens with one attached hydrogen (secondary N) is 2. The van der Waals surface area contributed by atoms with E-state index in [-0.39, 0.29) is 17.4 Å². The van der Waals surface area contributed by atoms with Gasteiger partial charge in [0.15, 0.2) is 11.5 Å². The van der Waals surface area contributed by atoms with Crippen molar-refractivity contribution < 1.29 is 9.90 Å². The van der Waals surface area contributed by atoms with Gasteiger partial charge in [-0.25, -0.2) is 4.68 Å². The molecule has 0 atom stereocenters. The number of H-pyrrole nitrogens is 1. The van der Waals surface area contributed by atoms with Gasteiger partial charge in [0, 0.05) is 11.5 Å². The minimum Gasteiger partial charge on any atom is -0.508 e. The van der Waals surface area contributed by atoms with Crippen molar-refractivity contribution in [3.05, 3.63) is 59.9 Å². The number of aromatic amines is 1. The third-order valence-electron chi connectivity index (χ3n) is 4.09. The van der Waals surface area contributed by atoms with E-state index < -0.39 is 0 Å². The molecule has 4 rings (SSSR count). The summed E-state index contributed by atoms with van der Waals surface area (Å²) in [6.07, 6.45) is 0.597. The zero-order valence-corrected chi connectivity index (χ0v) is 14.0. The van der Waals surface area contributed by atoms with Crippen LogP contribution in [-0.4, -0.2) is 36.2 Å². The average molecular weight is 348 g/mol. The maximum Gasteiger partial charge on any atom is 0.279 e. The topological polar surface area (TPSA) is 109 Å². The Labute approximate surface area is 148 Å². The van der Waals surface area contributed by atoms with E-state index in [1.54, 1.807) is 16.8 Å². The van der Waals surface area contributed by atoms with Gasteiger partial charge in [-0.15, -0.1) is 5.10 Å². The van der Waals surface area contributed by atoms with Gasteiger partial charge in [-0.05, 0) is 30.7 Å². The first-order valence-electron chi connectivity index (χ1n) is 8.16. The Balaban J connectivity index is 1.67. The van der Waals surface area contributed by atoms with Crippen LogP contribution in [0.15, 0.2) is 48.5 Å². The van der Waals surface area contributed by atoms with Gasteiger partial charge in [-0.2, -0.15) is 5.10 Å². The SMILES string of the molecule is CCc1c(C(=O)Nc2n[nH]c3cc(O)ccc23)nnn1-c1ccccc1. The van der Waals surface area contributed by atoms with E-state index in [1.165, 1.54) is 6.07 Å². The van der Waals surface area contributed by atoms with Crippen molar-refractivity contribution in [3.63, 3.8) is 0 Å². The predicted octanol–water partition coefficient (Wildman–Crippen LogP) is 2.66. The lowest BCUT2D eigenvalue weighted by Gasteiger charge is -2.06. The highest BCUT2D eigenvalue weighted by Gasteiger charge is 2.21. The summed E-state index contributed by atoms with van der Waals surface area (Å²) in [4.78, 5) is 12.7. The number of carbonyl (C=O) groups excluding carboxylic acids is 1. The van der Waals surface area contributed by atoms with Crippen LogP contribution < -0.4 is 5.32 Å². The van der Waals surface area contributed by atoms with Gasteiger partial charge < -0.3 is 10.4 Å². The summed E-state index contributed by atoms with van der Waals surface area (Å²) in [5.41, 5.74) is 2.44. The highest BCUT2D eigenvalue weighted by atomic mass is 16.3. The van der Waals surface area contributed by atoms with Crippen molar-refractivity contribution in [1.29, 1.82) is 0 Å². The number of fused-ring (bicyclic) bond motifs is 1. The molecule has 8 nitrogen and oxygen atoms in total. The second kappa shape index (κ2) is 6.32. The molecular weight excluding hydrogens is 332 g/mol. The van der Waals surface area contributed by atoms with Crippen LogP contribution in [0.25, 0.3) is 16.6 Å². The van der Waals surface area contributed by atoms with E-state index in [0.717, 1.165) is 5.69 Å². The summed E-state index contributed by atoms with van der Waals surface area (Å²) in [6.45, 7) is 1.95. The fourth-order valence-corrected chi connectivity index (χ4v) is 2.84. The Morgan fingerprint density at radius 3 is 2.81 bits per heavy atom. The molecule has 0 fully saturated rings. The van der Waals surface area contributed by atoms with Gasteiger partial charge in [-0.1, -0.05) is 30.3 Å². The number of phenolic OH excluding ortho intramolecular Hbond substituents is 1. The molecule has 2 heterocycles. The summed E-state index contributed by atoms with van der Waals surface area (Å²) in [6, 6.07) is 14.3. The molecule has 0 spiro atoms. The molecule has 26 heavy (non-hydrogen) atoms. The monoisotopic (exact) mass is 348 g/mol. The number of benzene rings is 2. The zero-order valence-electron chi connectivity index (χ0n) is 14.0. The van der Waals surface area contributed by atoms with Crippen molar-refractivity contribution in [2.75, 3.05) is 5.32 Å². The number of hydrogen-bond acceptors (Lipinski definition) is 5. The quantitative estimate of drug-likeness (QED) is 0.525. The number of amides is 1. The third kappa shape index (κ3) is 2.67. The van der Waals surface area contributed by atoms with Crippen LogP contribution in [0.1, 0.15) is 23.1 Å². The Kier molecular flexibility index (Phi) is 3.85. The largest absolute Gasteiger partial charge is 0.508 e. The number of carbonyl (C=O) groups is 1. The highest BCUT2D eigenvalue weighted by molar-refractivity contribution is 6.07. The number of phenols is 1. The number of aromatic hydroxyl groups is 1. The molecule has 3 N–H and O–H groups in total. The van der Waals surface area contributed by atoms with Crippen LogP contribution in [0.3, 0.4) is 0 Å². The fraction of sp³-hybridized carbons (Fsp3) is 0.111. The molecule has 0 bridgehead atoms. The van der Waals surface area contributed by atoms with Crippen molar-refractivity contribution >= 4 is 22.6 Å². The molecule has 2 aromatic heterocycles. The Morgan fingerprint density at radius 1 is 1.23 bits per heavy atom. The van der Waals surface area contributed by atoms with Crippen molar-refractivity contribution in [3.8, 4) is 11.4 Å². The molecule has 0 unspecified atom stereocenters. The molecule has 0 saturated carbocycles. The molecular formula is C18H16N6O2. The van der Waals surface area contributed by atoms with E-state index in [1.807, 2.05) is 37.3 Å². The van der Waals surface area contributed by atoms with Crippen LogP contribution in [0.4, 0.5) is 5.82 Å². The van der Waals surface area contributed by atoms with Crippen molar-refractivity contribution in [2.45, 2.75) is 13.3 Å². The Hall–Kier alpha value is -3.68. The van der Waals surface area contributed by atoms with Crippen LogP contribution in [0.2, 0.25) is 0 Å². The van der Waals surface area contributed by atoms with E-state index in [9.17, 15) is 9.90 Å². The molecule has 8 heteroatoms. The minimum absolute atomic E-state index is 0.123. The lowest BCUT2D eigenvalue weighted by molar-refractivity contribution is 0.102. The van der Waals surface area contributed by atoms with Crippen LogP contribution in [-0.2, 0) is 6.42 Å². The third-order valence-corrected chi connectivity index (χ3v) is 4.09. The molecule has 4 aromatic rings. The van der Waals surface area contributed by atoms with Crippen LogP contribution in [0.5, 0.6) is 5.75 Å². The van der Waals surface area contributed by atoms with Gasteiger partial charge in [0.1, 0.15) is 5.75 Å². The van der Waals surface area contributed by atoms with E-state index in [4.69, 9.17) is 0 Å². The van der Waals surface area contributed by atoms with Crippen molar-refractivity contribution in [2.24, 2.45) is 0 Å².